The zero-order valence-corrected chi connectivity index (χ0v) is 15.1. The van der Waals surface area contributed by atoms with Gasteiger partial charge in [-0.25, -0.2) is 9.59 Å². The first-order chi connectivity index (χ1) is 11.3. The van der Waals surface area contributed by atoms with E-state index in [1.165, 1.54) is 5.56 Å². The summed E-state index contributed by atoms with van der Waals surface area (Å²) in [6, 6.07) is 4.04. The molecule has 4 heteroatoms. The largest absolute Gasteiger partial charge is 0.477 e. The molecule has 1 rings (SSSR count). The van der Waals surface area contributed by atoms with E-state index >= 15 is 0 Å². The molecule has 0 aliphatic carbocycles. The van der Waals surface area contributed by atoms with Crippen LogP contribution in [0.3, 0.4) is 0 Å². The summed E-state index contributed by atoms with van der Waals surface area (Å²) in [4.78, 5) is 23.1. The molecule has 0 atom stereocenters. The summed E-state index contributed by atoms with van der Waals surface area (Å²) in [7, 11) is 0. The first-order valence-electron chi connectivity index (χ1n) is 8.64. The lowest BCUT2D eigenvalue weighted by Crippen LogP contribution is -2.15. The van der Waals surface area contributed by atoms with Gasteiger partial charge in [0.1, 0.15) is 5.57 Å². The fourth-order valence-corrected chi connectivity index (χ4v) is 3.07. The molecule has 0 spiro atoms. The molecule has 4 nitrogen and oxygen atoms in total. The minimum absolute atomic E-state index is 0.449. The number of aliphatic carboxylic acids is 2. The van der Waals surface area contributed by atoms with Crippen LogP contribution in [0.25, 0.3) is 5.57 Å². The molecule has 132 valence electrons. The summed E-state index contributed by atoms with van der Waals surface area (Å²) in [5, 5.41) is 18.9. The van der Waals surface area contributed by atoms with Crippen LogP contribution in [0, 0.1) is 13.8 Å². The van der Waals surface area contributed by atoms with Gasteiger partial charge in [-0.3, -0.25) is 0 Å². The molecule has 1 aromatic rings. The lowest BCUT2D eigenvalue weighted by atomic mass is 9.85. The molecule has 24 heavy (non-hydrogen) atoms. The fraction of sp³-hybridized carbons (Fsp3) is 0.500. The predicted molar refractivity (Wildman–Crippen MR) is 96.2 cm³/mol. The van der Waals surface area contributed by atoms with E-state index in [0.29, 0.717) is 12.0 Å². The van der Waals surface area contributed by atoms with Crippen LogP contribution in [0.4, 0.5) is 0 Å². The Morgan fingerprint density at radius 2 is 1.54 bits per heavy atom. The number of hydrogen-bond donors (Lipinski definition) is 2. The molecule has 0 bridgehead atoms. The van der Waals surface area contributed by atoms with Gasteiger partial charge >= 0.3 is 11.9 Å². The normalized spacial score (nSPS) is 10.5. The first-order valence-corrected chi connectivity index (χ1v) is 8.64. The summed E-state index contributed by atoms with van der Waals surface area (Å²) < 4.78 is 0. The van der Waals surface area contributed by atoms with Gasteiger partial charge in [-0.15, -0.1) is 0 Å². The molecule has 0 saturated heterocycles. The zero-order chi connectivity index (χ0) is 18.3. The number of rotatable bonds is 9. The van der Waals surface area contributed by atoms with Crippen LogP contribution in [0.1, 0.15) is 68.2 Å². The highest BCUT2D eigenvalue weighted by atomic mass is 16.4. The molecule has 0 radical (unpaired) electrons. The smallest absolute Gasteiger partial charge is 0.343 e. The van der Waals surface area contributed by atoms with Crippen LogP contribution in [-0.2, 0) is 16.0 Å². The topological polar surface area (TPSA) is 74.6 Å². The van der Waals surface area contributed by atoms with Gasteiger partial charge in [0.25, 0.3) is 0 Å². The number of aryl methyl sites for hydroxylation is 2. The van der Waals surface area contributed by atoms with Gasteiger partial charge in [0.15, 0.2) is 0 Å². The van der Waals surface area contributed by atoms with E-state index in [-0.39, 0.29) is 0 Å². The average molecular weight is 332 g/mol. The third kappa shape index (κ3) is 4.70. The second-order valence-corrected chi connectivity index (χ2v) is 6.21. The van der Waals surface area contributed by atoms with Gasteiger partial charge in [0.2, 0.25) is 0 Å². The van der Waals surface area contributed by atoms with Crippen molar-refractivity contribution in [2.75, 3.05) is 0 Å². The van der Waals surface area contributed by atoms with E-state index in [1.807, 2.05) is 26.8 Å². The highest BCUT2D eigenvalue weighted by molar-refractivity contribution is 6.19. The van der Waals surface area contributed by atoms with E-state index in [4.69, 9.17) is 0 Å². The quantitative estimate of drug-likeness (QED) is 0.388. The maximum Gasteiger partial charge on any atom is 0.343 e. The predicted octanol–water partition coefficient (Wildman–Crippen LogP) is 4.76. The van der Waals surface area contributed by atoms with Gasteiger partial charge in [-0.2, -0.15) is 0 Å². The number of carboxylic acid groups (broad SMARTS) is 2. The molecule has 0 aliphatic heterocycles. The lowest BCUT2D eigenvalue weighted by Gasteiger charge is -2.19. The first kappa shape index (κ1) is 19.9. The van der Waals surface area contributed by atoms with Crippen LogP contribution in [-0.4, -0.2) is 22.2 Å². The number of carbonyl (C=O) groups is 2. The number of benzene rings is 1. The van der Waals surface area contributed by atoms with E-state index in [9.17, 15) is 19.8 Å². The zero-order valence-electron chi connectivity index (χ0n) is 15.1. The molecular weight excluding hydrogens is 304 g/mol. The van der Waals surface area contributed by atoms with Crippen molar-refractivity contribution >= 4 is 17.5 Å². The van der Waals surface area contributed by atoms with E-state index < -0.39 is 17.5 Å². The molecule has 0 unspecified atom stereocenters. The Bertz CT molecular complexity index is 625. The van der Waals surface area contributed by atoms with E-state index in [2.05, 4.69) is 13.0 Å². The van der Waals surface area contributed by atoms with Crippen molar-refractivity contribution in [2.24, 2.45) is 0 Å². The lowest BCUT2D eigenvalue weighted by molar-refractivity contribution is -0.140. The van der Waals surface area contributed by atoms with Gasteiger partial charge < -0.3 is 10.2 Å². The molecule has 2 N–H and O–H groups in total. The minimum Gasteiger partial charge on any atom is -0.477 e. The fourth-order valence-electron chi connectivity index (χ4n) is 3.07. The maximum atomic E-state index is 11.6. The van der Waals surface area contributed by atoms with Crippen LogP contribution in [0.15, 0.2) is 17.7 Å². The highest BCUT2D eigenvalue weighted by Crippen LogP contribution is 2.32. The highest BCUT2D eigenvalue weighted by Gasteiger charge is 2.25. The monoisotopic (exact) mass is 332 g/mol. The van der Waals surface area contributed by atoms with E-state index in [0.717, 1.165) is 48.8 Å². The van der Waals surface area contributed by atoms with E-state index in [1.54, 1.807) is 0 Å². The van der Waals surface area contributed by atoms with Crippen molar-refractivity contribution in [3.63, 3.8) is 0 Å². The van der Waals surface area contributed by atoms with Crippen molar-refractivity contribution in [2.45, 2.75) is 66.2 Å². The maximum absolute atomic E-state index is 11.6. The van der Waals surface area contributed by atoms with Crippen LogP contribution < -0.4 is 0 Å². The Morgan fingerprint density at radius 3 is 2.04 bits per heavy atom. The summed E-state index contributed by atoms with van der Waals surface area (Å²) in [5.41, 5.74) is 3.86. The summed E-state index contributed by atoms with van der Waals surface area (Å²) in [5.74, 6) is -2.74. The molecule has 0 aromatic heterocycles. The Balaban J connectivity index is 3.61. The molecule has 0 saturated carbocycles. The number of hydrogen-bond acceptors (Lipinski definition) is 2. The van der Waals surface area contributed by atoms with Gasteiger partial charge in [0.05, 0.1) is 0 Å². The van der Waals surface area contributed by atoms with Crippen LogP contribution in [0.2, 0.25) is 0 Å². The van der Waals surface area contributed by atoms with Crippen molar-refractivity contribution in [1.82, 2.24) is 0 Å². The third-order valence-electron chi connectivity index (χ3n) is 4.40. The van der Waals surface area contributed by atoms with Crippen molar-refractivity contribution in [1.29, 1.82) is 0 Å². The molecule has 0 aliphatic rings. The molecule has 0 amide bonds. The third-order valence-corrected chi connectivity index (χ3v) is 4.40. The minimum atomic E-state index is -1.37. The molecule has 1 aromatic carbocycles. The number of carboxylic acids is 2. The van der Waals surface area contributed by atoms with Crippen LogP contribution >= 0.6 is 0 Å². The van der Waals surface area contributed by atoms with Crippen LogP contribution in [0.5, 0.6) is 0 Å². The van der Waals surface area contributed by atoms with Gasteiger partial charge in [-0.1, -0.05) is 38.8 Å². The van der Waals surface area contributed by atoms with Crippen molar-refractivity contribution in [3.8, 4) is 0 Å². The van der Waals surface area contributed by atoms with Gasteiger partial charge in [0, 0.05) is 0 Å². The standard InChI is InChI=1S/C20H28O4/c1-5-7-9-15-12-11-13(3)17(14(15)4)16(10-8-6-2)18(19(21)22)20(23)24/h11-12H,5-10H2,1-4H3,(H,21,22)(H,23,24). The number of allylic oxidation sites excluding steroid dienone is 1. The summed E-state index contributed by atoms with van der Waals surface area (Å²) in [6.45, 7) is 8.03. The molecular formula is C20H28O4. The second kappa shape index (κ2) is 9.26. The Morgan fingerprint density at radius 1 is 0.958 bits per heavy atom. The summed E-state index contributed by atoms with van der Waals surface area (Å²) >= 11 is 0. The molecule has 0 fully saturated rings. The number of unbranched alkanes of at least 4 members (excludes halogenated alkanes) is 2. The van der Waals surface area contributed by atoms with Crippen molar-refractivity contribution in [3.05, 3.63) is 40.0 Å². The van der Waals surface area contributed by atoms with Crippen molar-refractivity contribution < 1.29 is 19.8 Å². The Labute approximate surface area is 144 Å². The second-order valence-electron chi connectivity index (χ2n) is 6.21. The Hall–Kier alpha value is -2.10. The average Bonchev–Trinajstić information content (AvgIpc) is 2.50. The SMILES string of the molecule is CCCCC(=C(C(=O)O)C(=O)O)c1c(C)ccc(CCCC)c1C. The Kier molecular flexibility index (Phi) is 7.69. The summed E-state index contributed by atoms with van der Waals surface area (Å²) in [6.07, 6.45) is 5.16. The molecule has 0 heterocycles. The van der Waals surface area contributed by atoms with Gasteiger partial charge in [-0.05, 0) is 67.4 Å².